The molecule has 0 fully saturated rings. The molecular formula is C29H45NO4. The maximum Gasteiger partial charge on any atom is 0.255 e. The van der Waals surface area contributed by atoms with Crippen LogP contribution in [-0.4, -0.2) is 35.9 Å². The normalized spacial score (nSPS) is 11.1. The number of aliphatic hydroxyl groups excluding tert-OH is 1. The van der Waals surface area contributed by atoms with E-state index in [9.17, 15) is 9.90 Å². The molecule has 3 N–H and O–H groups in total. The lowest BCUT2D eigenvalue weighted by Gasteiger charge is -2.14. The standard InChI is InChI=1S/C29H45NO4/c1-2-3-4-5-6-7-8-9-10-11-12-13-14-17-20-30-29(33)26-23-27(34-22-21-31)24-18-15-16-19-25(24)28(26)32/h15-16,18-19,23,31-32H,2-14,17,20-22H2,1H3,(H,30,33). The van der Waals surface area contributed by atoms with Crippen molar-refractivity contribution in [3.05, 3.63) is 35.9 Å². The van der Waals surface area contributed by atoms with Crippen LogP contribution in [0.5, 0.6) is 11.5 Å². The summed E-state index contributed by atoms with van der Waals surface area (Å²) in [6.07, 6.45) is 18.2. The lowest BCUT2D eigenvalue weighted by Crippen LogP contribution is -2.24. The van der Waals surface area contributed by atoms with Gasteiger partial charge in [-0.15, -0.1) is 0 Å². The van der Waals surface area contributed by atoms with Gasteiger partial charge in [0.05, 0.1) is 12.2 Å². The van der Waals surface area contributed by atoms with Crippen molar-refractivity contribution in [3.63, 3.8) is 0 Å². The van der Waals surface area contributed by atoms with Gasteiger partial charge in [-0.1, -0.05) is 115 Å². The molecule has 0 aliphatic heterocycles. The molecule has 0 saturated carbocycles. The Balaban J connectivity index is 1.61. The first-order chi connectivity index (χ1) is 16.7. The second-order valence-corrected chi connectivity index (χ2v) is 9.24. The molecule has 1 amide bonds. The first-order valence-corrected chi connectivity index (χ1v) is 13.5. The number of ether oxygens (including phenoxy) is 1. The van der Waals surface area contributed by atoms with Crippen molar-refractivity contribution in [2.75, 3.05) is 19.8 Å². The van der Waals surface area contributed by atoms with Crippen LogP contribution in [0.3, 0.4) is 0 Å². The Morgan fingerprint density at radius 1 is 0.824 bits per heavy atom. The number of fused-ring (bicyclic) bond motifs is 1. The lowest BCUT2D eigenvalue weighted by molar-refractivity contribution is 0.0950. The van der Waals surface area contributed by atoms with Crippen LogP contribution in [0.1, 0.15) is 107 Å². The third kappa shape index (κ3) is 9.92. The largest absolute Gasteiger partial charge is 0.506 e. The smallest absolute Gasteiger partial charge is 0.255 e. The molecule has 0 bridgehead atoms. The molecule has 0 unspecified atom stereocenters. The predicted octanol–water partition coefficient (Wildman–Crippen LogP) is 7.13. The molecule has 190 valence electrons. The zero-order valence-corrected chi connectivity index (χ0v) is 21.1. The number of phenolic OH excluding ortho intramolecular Hbond substituents is 1. The summed E-state index contributed by atoms with van der Waals surface area (Å²) in [5.74, 6) is 0.154. The van der Waals surface area contributed by atoms with Gasteiger partial charge in [0.2, 0.25) is 0 Å². The molecule has 5 heteroatoms. The number of carbonyl (C=O) groups excluding carboxylic acids is 1. The number of carbonyl (C=O) groups is 1. The number of amides is 1. The fraction of sp³-hybridized carbons (Fsp3) is 0.621. The second kappa shape index (κ2) is 17.2. The molecule has 5 nitrogen and oxygen atoms in total. The van der Waals surface area contributed by atoms with Crippen molar-refractivity contribution in [1.29, 1.82) is 0 Å². The van der Waals surface area contributed by atoms with Crippen LogP contribution in [0.4, 0.5) is 0 Å². The molecule has 0 atom stereocenters. The second-order valence-electron chi connectivity index (χ2n) is 9.24. The summed E-state index contributed by atoms with van der Waals surface area (Å²) in [7, 11) is 0. The highest BCUT2D eigenvalue weighted by atomic mass is 16.5. The van der Waals surface area contributed by atoms with E-state index < -0.39 is 0 Å². The Labute approximate surface area is 205 Å². The van der Waals surface area contributed by atoms with Crippen molar-refractivity contribution in [1.82, 2.24) is 5.32 Å². The Bertz CT molecular complexity index is 836. The Morgan fingerprint density at radius 3 is 1.91 bits per heavy atom. The van der Waals surface area contributed by atoms with Crippen LogP contribution < -0.4 is 10.1 Å². The zero-order chi connectivity index (χ0) is 24.4. The zero-order valence-electron chi connectivity index (χ0n) is 21.1. The SMILES string of the molecule is CCCCCCCCCCCCCCCCNC(=O)c1cc(OCCO)c2ccccc2c1O. The fourth-order valence-corrected chi connectivity index (χ4v) is 4.39. The monoisotopic (exact) mass is 471 g/mol. The highest BCUT2D eigenvalue weighted by Gasteiger charge is 2.17. The molecule has 0 heterocycles. The van der Waals surface area contributed by atoms with Crippen LogP contribution in [0.25, 0.3) is 10.8 Å². The Morgan fingerprint density at radius 2 is 1.35 bits per heavy atom. The predicted molar refractivity (Wildman–Crippen MR) is 141 cm³/mol. The number of nitrogens with one attached hydrogen (secondary N) is 1. The van der Waals surface area contributed by atoms with Gasteiger partial charge in [-0.25, -0.2) is 0 Å². The van der Waals surface area contributed by atoms with Gasteiger partial charge in [0.1, 0.15) is 18.1 Å². The highest BCUT2D eigenvalue weighted by molar-refractivity contribution is 6.05. The molecule has 0 radical (unpaired) electrons. The van der Waals surface area contributed by atoms with Gasteiger partial charge in [-0.05, 0) is 12.5 Å². The first kappa shape index (κ1) is 28.0. The number of unbranched alkanes of at least 4 members (excludes halogenated alkanes) is 13. The Hall–Kier alpha value is -2.27. The van der Waals surface area contributed by atoms with Gasteiger partial charge in [0.25, 0.3) is 5.91 Å². The van der Waals surface area contributed by atoms with Crippen molar-refractivity contribution >= 4 is 16.7 Å². The summed E-state index contributed by atoms with van der Waals surface area (Å²) in [4.78, 5) is 12.7. The minimum atomic E-state index is -0.299. The van der Waals surface area contributed by atoms with E-state index in [2.05, 4.69) is 12.2 Å². The highest BCUT2D eigenvalue weighted by Crippen LogP contribution is 2.36. The summed E-state index contributed by atoms with van der Waals surface area (Å²) < 4.78 is 5.60. The van der Waals surface area contributed by atoms with E-state index in [-0.39, 0.29) is 30.4 Å². The van der Waals surface area contributed by atoms with Gasteiger partial charge in [-0.3, -0.25) is 4.79 Å². The van der Waals surface area contributed by atoms with Gasteiger partial charge < -0.3 is 20.3 Å². The van der Waals surface area contributed by atoms with E-state index >= 15 is 0 Å². The number of hydrogen-bond donors (Lipinski definition) is 3. The van der Waals surface area contributed by atoms with Crippen LogP contribution in [0, 0.1) is 0 Å². The van der Waals surface area contributed by atoms with E-state index in [0.29, 0.717) is 17.7 Å². The summed E-state index contributed by atoms with van der Waals surface area (Å²) in [6.45, 7) is 2.88. The van der Waals surface area contributed by atoms with Gasteiger partial charge in [0, 0.05) is 17.3 Å². The molecule has 0 saturated heterocycles. The number of hydrogen-bond acceptors (Lipinski definition) is 4. The molecule has 2 aromatic carbocycles. The van der Waals surface area contributed by atoms with Crippen molar-refractivity contribution < 1.29 is 19.7 Å². The van der Waals surface area contributed by atoms with Crippen molar-refractivity contribution in [2.45, 2.75) is 96.8 Å². The number of rotatable bonds is 19. The van der Waals surface area contributed by atoms with Crippen molar-refractivity contribution in [3.8, 4) is 11.5 Å². The summed E-state index contributed by atoms with van der Waals surface area (Å²) in [5, 5.41) is 23.9. The minimum Gasteiger partial charge on any atom is -0.506 e. The van der Waals surface area contributed by atoms with Gasteiger partial charge in [0.15, 0.2) is 0 Å². The number of benzene rings is 2. The number of aliphatic hydroxyl groups is 1. The average molecular weight is 472 g/mol. The fourth-order valence-electron chi connectivity index (χ4n) is 4.39. The molecule has 34 heavy (non-hydrogen) atoms. The summed E-state index contributed by atoms with van der Waals surface area (Å²) in [6, 6.07) is 8.82. The summed E-state index contributed by atoms with van der Waals surface area (Å²) >= 11 is 0. The molecule has 2 rings (SSSR count). The maximum atomic E-state index is 12.7. The van der Waals surface area contributed by atoms with E-state index in [4.69, 9.17) is 9.84 Å². The van der Waals surface area contributed by atoms with Crippen LogP contribution >= 0.6 is 0 Å². The molecular weight excluding hydrogens is 426 g/mol. The molecule has 0 aliphatic carbocycles. The number of aromatic hydroxyl groups is 1. The van der Waals surface area contributed by atoms with Gasteiger partial charge >= 0.3 is 0 Å². The number of phenols is 1. The first-order valence-electron chi connectivity index (χ1n) is 13.5. The third-order valence-electron chi connectivity index (χ3n) is 6.39. The van der Waals surface area contributed by atoms with Crippen LogP contribution in [0.2, 0.25) is 0 Å². The van der Waals surface area contributed by atoms with Crippen molar-refractivity contribution in [2.24, 2.45) is 0 Å². The van der Waals surface area contributed by atoms with E-state index in [1.54, 1.807) is 12.1 Å². The van der Waals surface area contributed by atoms with Crippen LogP contribution in [-0.2, 0) is 0 Å². The third-order valence-corrected chi connectivity index (χ3v) is 6.39. The lowest BCUT2D eigenvalue weighted by atomic mass is 10.0. The van der Waals surface area contributed by atoms with E-state index in [1.165, 1.54) is 77.0 Å². The molecule has 2 aromatic rings. The molecule has 0 aromatic heterocycles. The topological polar surface area (TPSA) is 78.8 Å². The quantitative estimate of drug-likeness (QED) is 0.190. The van der Waals surface area contributed by atoms with E-state index in [1.807, 2.05) is 18.2 Å². The average Bonchev–Trinajstić information content (AvgIpc) is 2.86. The summed E-state index contributed by atoms with van der Waals surface area (Å²) in [5.41, 5.74) is 0.206. The van der Waals surface area contributed by atoms with E-state index in [0.717, 1.165) is 18.2 Å². The Kier molecular flexibility index (Phi) is 14.2. The van der Waals surface area contributed by atoms with Crippen LogP contribution in [0.15, 0.2) is 30.3 Å². The maximum absolute atomic E-state index is 12.7. The molecule has 0 spiro atoms. The molecule has 0 aliphatic rings. The minimum absolute atomic E-state index is 0.0367. The van der Waals surface area contributed by atoms with Gasteiger partial charge in [-0.2, -0.15) is 0 Å².